The number of unbranched alkanes of at least 4 members (excludes halogenated alkanes) is 12. The van der Waals surface area contributed by atoms with Crippen LogP contribution in [0.2, 0.25) is 0 Å². The number of anilines is 1. The Balaban J connectivity index is 1.10. The predicted molar refractivity (Wildman–Crippen MR) is 164 cm³/mol. The maximum atomic E-state index is 12.3. The van der Waals surface area contributed by atoms with Gasteiger partial charge in [0, 0.05) is 12.0 Å². The summed E-state index contributed by atoms with van der Waals surface area (Å²) in [7, 11) is -3.79. The Morgan fingerprint density at radius 1 is 0.927 bits per heavy atom. The number of rotatable bonds is 20. The first-order chi connectivity index (χ1) is 19.9. The molecule has 224 valence electrons. The largest absolute Gasteiger partial charge is 0.382 e. The van der Waals surface area contributed by atoms with Gasteiger partial charge in [-0.3, -0.25) is 4.57 Å². The number of aromatic nitrogens is 4. The van der Waals surface area contributed by atoms with Gasteiger partial charge in [-0.2, -0.15) is 0 Å². The molecule has 2 atom stereocenters. The molecule has 0 saturated carbocycles. The molecule has 9 nitrogen and oxygen atoms in total. The molecule has 1 aromatic carbocycles. The van der Waals surface area contributed by atoms with Crippen LogP contribution >= 0.6 is 7.60 Å². The zero-order valence-corrected chi connectivity index (χ0v) is 25.3. The third kappa shape index (κ3) is 13.2. The summed E-state index contributed by atoms with van der Waals surface area (Å²) < 4.78 is 25.0. The van der Waals surface area contributed by atoms with Crippen molar-refractivity contribution in [2.24, 2.45) is 0 Å². The number of hydrogen-bond donors (Lipinski definition) is 2. The molecule has 2 heterocycles. The lowest BCUT2D eigenvalue weighted by Gasteiger charge is -2.17. The lowest BCUT2D eigenvalue weighted by molar-refractivity contribution is 0.0715. The van der Waals surface area contributed by atoms with Crippen LogP contribution in [0.3, 0.4) is 0 Å². The van der Waals surface area contributed by atoms with Crippen molar-refractivity contribution < 1.29 is 18.7 Å². The van der Waals surface area contributed by atoms with Gasteiger partial charge < -0.3 is 24.5 Å². The molecule has 0 aliphatic rings. The summed E-state index contributed by atoms with van der Waals surface area (Å²) in [6, 6.07) is 10.2. The van der Waals surface area contributed by atoms with Crippen molar-refractivity contribution >= 4 is 24.6 Å². The summed E-state index contributed by atoms with van der Waals surface area (Å²) in [5.41, 5.74) is 8.04. The van der Waals surface area contributed by atoms with E-state index >= 15 is 0 Å². The molecular weight excluding hydrogens is 537 g/mol. The van der Waals surface area contributed by atoms with Crippen LogP contribution in [0.5, 0.6) is 0 Å². The van der Waals surface area contributed by atoms with E-state index in [1.165, 1.54) is 64.1 Å². The molecule has 41 heavy (non-hydrogen) atoms. The van der Waals surface area contributed by atoms with E-state index < -0.39 is 7.60 Å². The monoisotopic (exact) mass is 583 g/mol. The van der Waals surface area contributed by atoms with Crippen LogP contribution in [0, 0.1) is 11.8 Å². The molecule has 2 aromatic heterocycles. The smallest absolute Gasteiger partial charge is 0.353 e. The van der Waals surface area contributed by atoms with E-state index in [1.807, 2.05) is 25.1 Å². The summed E-state index contributed by atoms with van der Waals surface area (Å²) >= 11 is 0. The summed E-state index contributed by atoms with van der Waals surface area (Å²) in [5, 5.41) is 0. The lowest BCUT2D eigenvalue weighted by atomic mass is 10.0. The number of hydrogen-bond acceptors (Lipinski definition) is 7. The normalized spacial score (nSPS) is 13.5. The minimum absolute atomic E-state index is 0.270. The van der Waals surface area contributed by atoms with E-state index in [4.69, 9.17) is 15.0 Å². The molecule has 0 bridgehead atoms. The maximum absolute atomic E-state index is 12.3. The van der Waals surface area contributed by atoms with Gasteiger partial charge in [0.2, 0.25) is 0 Å². The Bertz CT molecular complexity index is 1260. The summed E-state index contributed by atoms with van der Waals surface area (Å²) in [5.74, 6) is 6.81. The Morgan fingerprint density at radius 2 is 1.56 bits per heavy atom. The second kappa shape index (κ2) is 18.6. The molecule has 0 spiro atoms. The van der Waals surface area contributed by atoms with Crippen molar-refractivity contribution in [3.05, 3.63) is 48.5 Å². The van der Waals surface area contributed by atoms with E-state index in [0.717, 1.165) is 31.2 Å². The Morgan fingerprint density at radius 3 is 2.24 bits per heavy atom. The Labute approximate surface area is 244 Å². The average molecular weight is 584 g/mol. The third-order valence-corrected chi connectivity index (χ3v) is 7.96. The van der Waals surface area contributed by atoms with Crippen LogP contribution in [0.1, 0.15) is 96.0 Å². The van der Waals surface area contributed by atoms with Gasteiger partial charge in [-0.25, -0.2) is 15.0 Å². The summed E-state index contributed by atoms with van der Waals surface area (Å²) in [4.78, 5) is 22.4. The number of imidazole rings is 1. The number of nitrogen functional groups attached to an aromatic ring is 1. The first kappa shape index (κ1) is 32.8. The Kier molecular flexibility index (Phi) is 14.9. The van der Waals surface area contributed by atoms with Crippen molar-refractivity contribution in [2.75, 3.05) is 18.7 Å². The van der Waals surface area contributed by atoms with Crippen molar-refractivity contribution in [1.82, 2.24) is 19.5 Å². The molecule has 0 aliphatic carbocycles. The highest BCUT2D eigenvalue weighted by molar-refractivity contribution is 7.52. The Hall–Kier alpha value is -2.76. The van der Waals surface area contributed by atoms with Crippen molar-refractivity contribution in [3.8, 4) is 11.8 Å². The zero-order valence-electron chi connectivity index (χ0n) is 24.4. The highest BCUT2D eigenvalue weighted by atomic mass is 31.2. The van der Waals surface area contributed by atoms with E-state index in [-0.39, 0.29) is 19.1 Å². The van der Waals surface area contributed by atoms with Crippen LogP contribution in [-0.4, -0.2) is 43.5 Å². The minimum atomic E-state index is -3.79. The second-order valence-electron chi connectivity index (χ2n) is 10.6. The fourth-order valence-corrected chi connectivity index (χ4v) is 5.53. The first-order valence-corrected chi connectivity index (χ1v) is 16.7. The molecule has 0 saturated heterocycles. The topological polar surface area (TPSA) is 125 Å². The molecule has 0 aliphatic heterocycles. The minimum Gasteiger partial charge on any atom is -0.382 e. The molecule has 0 amide bonds. The molecule has 3 rings (SSSR count). The van der Waals surface area contributed by atoms with E-state index in [9.17, 15) is 9.46 Å². The highest BCUT2D eigenvalue weighted by Gasteiger charge is 2.21. The quantitative estimate of drug-likeness (QED) is 0.0820. The fourth-order valence-electron chi connectivity index (χ4n) is 4.60. The van der Waals surface area contributed by atoms with Crippen molar-refractivity contribution in [2.45, 2.75) is 103 Å². The zero-order chi connectivity index (χ0) is 29.2. The van der Waals surface area contributed by atoms with Gasteiger partial charge in [-0.15, -0.1) is 0 Å². The standard InChI is InChI=1S/C31H46N5O4P/c1-27(23-36-25-35-29-30(32)33-24-34-31(29)36)39-26-41(37,38)40-22-18-13-11-9-7-5-3-2-4-6-8-10-12-15-19-28-20-16-14-17-21-28/h14,16-17,20-21,24-25,27H,2-13,18,22-23,26H2,1H3,(H,37,38)(H2,32,33,34)/t27-/m1/s1. The van der Waals surface area contributed by atoms with Gasteiger partial charge in [0.15, 0.2) is 11.5 Å². The fraction of sp³-hybridized carbons (Fsp3) is 0.581. The molecule has 0 fully saturated rings. The lowest BCUT2D eigenvalue weighted by Crippen LogP contribution is -2.17. The predicted octanol–water partition coefficient (Wildman–Crippen LogP) is 7.10. The highest BCUT2D eigenvalue weighted by Crippen LogP contribution is 2.42. The summed E-state index contributed by atoms with van der Waals surface area (Å²) in [6.07, 6.45) is 17.7. The number of ether oxygens (including phenoxy) is 1. The van der Waals surface area contributed by atoms with Crippen molar-refractivity contribution in [1.29, 1.82) is 0 Å². The second-order valence-corrected chi connectivity index (χ2v) is 12.4. The number of nitrogens with two attached hydrogens (primary N) is 1. The van der Waals surface area contributed by atoms with Crippen LogP contribution in [0.25, 0.3) is 11.2 Å². The molecule has 3 N–H and O–H groups in total. The van der Waals surface area contributed by atoms with Crippen LogP contribution in [0.15, 0.2) is 43.0 Å². The average Bonchev–Trinajstić information content (AvgIpc) is 3.38. The van der Waals surface area contributed by atoms with Gasteiger partial charge in [-0.1, -0.05) is 94.2 Å². The molecule has 10 heteroatoms. The third-order valence-electron chi connectivity index (χ3n) is 6.90. The van der Waals surface area contributed by atoms with Crippen LogP contribution in [-0.2, 0) is 20.4 Å². The maximum Gasteiger partial charge on any atom is 0.353 e. The first-order valence-electron chi connectivity index (χ1n) is 15.0. The van der Waals surface area contributed by atoms with E-state index in [1.54, 1.807) is 10.9 Å². The molecular formula is C31H46N5O4P. The summed E-state index contributed by atoms with van der Waals surface area (Å²) in [6.45, 7) is 2.51. The van der Waals surface area contributed by atoms with E-state index in [0.29, 0.717) is 23.5 Å². The van der Waals surface area contributed by atoms with Gasteiger partial charge >= 0.3 is 7.60 Å². The SMILES string of the molecule is C[C@H](Cn1cnc2c(N)ncnc21)OCP(=O)(O)OCCCCCCCCCCCCCCC#Cc1ccccc1. The van der Waals surface area contributed by atoms with Crippen molar-refractivity contribution in [3.63, 3.8) is 0 Å². The molecule has 3 aromatic rings. The molecule has 0 radical (unpaired) electrons. The van der Waals surface area contributed by atoms with Gasteiger partial charge in [-0.05, 0) is 31.9 Å². The number of fused-ring (bicyclic) bond motifs is 1. The number of nitrogens with zero attached hydrogens (tertiary/aromatic N) is 4. The number of benzene rings is 1. The van der Waals surface area contributed by atoms with Crippen LogP contribution in [0.4, 0.5) is 5.82 Å². The van der Waals surface area contributed by atoms with Gasteiger partial charge in [0.05, 0.1) is 25.6 Å². The molecule has 1 unspecified atom stereocenters. The van der Waals surface area contributed by atoms with Gasteiger partial charge in [0.25, 0.3) is 0 Å². The van der Waals surface area contributed by atoms with Gasteiger partial charge in [0.1, 0.15) is 18.2 Å². The van der Waals surface area contributed by atoms with Crippen LogP contribution < -0.4 is 5.73 Å². The van der Waals surface area contributed by atoms with E-state index in [2.05, 4.69) is 38.9 Å².